The highest BCUT2D eigenvalue weighted by Gasteiger charge is 2.11. The molecule has 0 atom stereocenters. The molecule has 0 fully saturated rings. The molecule has 2 aromatic heterocycles. The van der Waals surface area contributed by atoms with Gasteiger partial charge in [0, 0.05) is 36.7 Å². The third-order valence-corrected chi connectivity index (χ3v) is 5.50. The van der Waals surface area contributed by atoms with Gasteiger partial charge in [0.2, 0.25) is 17.7 Å². The number of aromatic nitrogens is 4. The Morgan fingerprint density at radius 2 is 1.67 bits per heavy atom. The molecule has 0 saturated carbocycles. The van der Waals surface area contributed by atoms with Crippen LogP contribution in [-0.2, 0) is 18.3 Å². The van der Waals surface area contributed by atoms with Crippen LogP contribution in [0.15, 0.2) is 83.3 Å². The average Bonchev–Trinajstić information content (AvgIpc) is 3.45. The first-order valence-corrected chi connectivity index (χ1v) is 10.9. The van der Waals surface area contributed by atoms with Gasteiger partial charge in [-0.2, -0.15) is 0 Å². The smallest absolute Gasteiger partial charge is 0.247 e. The number of carbonyl (C=O) groups is 1. The van der Waals surface area contributed by atoms with Crippen molar-refractivity contribution in [3.8, 4) is 22.8 Å². The van der Waals surface area contributed by atoms with Crippen molar-refractivity contribution in [2.45, 2.75) is 19.3 Å². The molecule has 5 aromatic rings. The van der Waals surface area contributed by atoms with Gasteiger partial charge in [-0.3, -0.25) is 4.79 Å². The van der Waals surface area contributed by atoms with Crippen molar-refractivity contribution in [3.05, 3.63) is 84.8 Å². The fourth-order valence-corrected chi connectivity index (χ4v) is 3.78. The molecule has 2 heterocycles. The molecule has 0 aliphatic heterocycles. The lowest BCUT2D eigenvalue weighted by Crippen LogP contribution is -2.11. The lowest BCUT2D eigenvalue weighted by Gasteiger charge is -2.07. The fraction of sp³-hybridized carbons (Fsp3) is 0.154. The van der Waals surface area contributed by atoms with E-state index >= 15 is 0 Å². The van der Waals surface area contributed by atoms with Crippen LogP contribution in [0.3, 0.4) is 0 Å². The number of imidazole rings is 1. The van der Waals surface area contributed by atoms with Crippen molar-refractivity contribution in [2.24, 2.45) is 7.05 Å². The predicted octanol–water partition coefficient (Wildman–Crippen LogP) is 5.25. The third kappa shape index (κ3) is 4.52. The van der Waals surface area contributed by atoms with Crippen LogP contribution < -0.4 is 5.32 Å². The first-order valence-electron chi connectivity index (χ1n) is 10.9. The molecule has 164 valence electrons. The summed E-state index contributed by atoms with van der Waals surface area (Å²) in [5, 5.41) is 11.1. The van der Waals surface area contributed by atoms with E-state index in [1.54, 1.807) is 0 Å². The van der Waals surface area contributed by atoms with E-state index in [2.05, 4.69) is 26.1 Å². The Balaban J connectivity index is 1.15. The molecule has 0 saturated heterocycles. The van der Waals surface area contributed by atoms with Gasteiger partial charge in [-0.1, -0.05) is 30.3 Å². The van der Waals surface area contributed by atoms with Crippen LogP contribution in [0.1, 0.15) is 18.7 Å². The summed E-state index contributed by atoms with van der Waals surface area (Å²) >= 11 is 0. The van der Waals surface area contributed by atoms with Crippen molar-refractivity contribution >= 4 is 22.6 Å². The molecule has 0 aliphatic rings. The van der Waals surface area contributed by atoms with Crippen LogP contribution in [0, 0.1) is 0 Å². The summed E-state index contributed by atoms with van der Waals surface area (Å²) in [7, 11) is 2.01. The number of benzene rings is 3. The zero-order valence-corrected chi connectivity index (χ0v) is 18.2. The number of carbonyl (C=O) groups excluding carboxylic acids is 1. The maximum absolute atomic E-state index is 12.4. The van der Waals surface area contributed by atoms with Crippen molar-refractivity contribution in [2.75, 3.05) is 5.32 Å². The number of hydrogen-bond acceptors (Lipinski definition) is 5. The first-order chi connectivity index (χ1) is 16.2. The van der Waals surface area contributed by atoms with Crippen LogP contribution >= 0.6 is 0 Å². The number of nitrogens with one attached hydrogen (secondary N) is 1. The molecule has 7 nitrogen and oxygen atoms in total. The van der Waals surface area contributed by atoms with E-state index in [-0.39, 0.29) is 5.91 Å². The van der Waals surface area contributed by atoms with Crippen molar-refractivity contribution in [1.82, 2.24) is 19.7 Å². The maximum Gasteiger partial charge on any atom is 0.247 e. The van der Waals surface area contributed by atoms with Gasteiger partial charge in [-0.05, 0) is 55.0 Å². The minimum Gasteiger partial charge on any atom is -0.421 e. The molecular weight excluding hydrogens is 414 g/mol. The number of para-hydroxylation sites is 2. The number of anilines is 1. The molecule has 0 aliphatic carbocycles. The van der Waals surface area contributed by atoms with Gasteiger partial charge < -0.3 is 14.3 Å². The van der Waals surface area contributed by atoms with E-state index in [0.717, 1.165) is 33.7 Å². The second kappa shape index (κ2) is 9.08. The summed E-state index contributed by atoms with van der Waals surface area (Å²) in [6.45, 7) is 0. The third-order valence-electron chi connectivity index (χ3n) is 5.50. The van der Waals surface area contributed by atoms with E-state index in [1.807, 2.05) is 79.8 Å². The van der Waals surface area contributed by atoms with Gasteiger partial charge in [-0.25, -0.2) is 4.98 Å². The average molecular weight is 438 g/mol. The highest BCUT2D eigenvalue weighted by atomic mass is 16.4. The Labute approximate surface area is 191 Å². The fourth-order valence-electron chi connectivity index (χ4n) is 3.78. The molecule has 1 N–H and O–H groups in total. The number of rotatable bonds is 7. The molecular formula is C26H23N5O2. The Kier molecular flexibility index (Phi) is 5.68. The van der Waals surface area contributed by atoms with E-state index < -0.39 is 0 Å². The number of fused-ring (bicyclic) bond motifs is 1. The SMILES string of the molecule is Cn1c(-c2ccc(NC(=O)CCCc3nnc(-c4ccccc4)o3)cc2)nc2ccccc21. The van der Waals surface area contributed by atoms with Gasteiger partial charge in [0.15, 0.2) is 0 Å². The lowest BCUT2D eigenvalue weighted by molar-refractivity contribution is -0.116. The number of nitrogens with zero attached hydrogens (tertiary/aromatic N) is 4. The Hall–Kier alpha value is -4.26. The zero-order chi connectivity index (χ0) is 22.6. The van der Waals surface area contributed by atoms with Crippen LogP contribution in [0.4, 0.5) is 5.69 Å². The Morgan fingerprint density at radius 1 is 0.909 bits per heavy atom. The summed E-state index contributed by atoms with van der Waals surface area (Å²) in [6, 6.07) is 25.4. The highest BCUT2D eigenvalue weighted by Crippen LogP contribution is 2.25. The van der Waals surface area contributed by atoms with Crippen LogP contribution in [-0.4, -0.2) is 25.7 Å². The van der Waals surface area contributed by atoms with Crippen molar-refractivity contribution < 1.29 is 9.21 Å². The molecule has 0 unspecified atom stereocenters. The molecule has 1 amide bonds. The molecule has 7 heteroatoms. The topological polar surface area (TPSA) is 85.8 Å². The van der Waals surface area contributed by atoms with Crippen molar-refractivity contribution in [3.63, 3.8) is 0 Å². The summed E-state index contributed by atoms with van der Waals surface area (Å²) < 4.78 is 7.77. The standard InChI is InChI=1S/C26H23N5O2/c1-31-22-11-6-5-10-21(22)28-25(31)18-14-16-20(17-15-18)27-23(32)12-7-13-24-29-30-26(33-24)19-8-3-2-4-9-19/h2-6,8-11,14-17H,7,12-13H2,1H3,(H,27,32). The summed E-state index contributed by atoms with van der Waals surface area (Å²) in [5.74, 6) is 1.88. The maximum atomic E-state index is 12.4. The molecule has 33 heavy (non-hydrogen) atoms. The molecule has 0 bridgehead atoms. The van der Waals surface area contributed by atoms with E-state index in [0.29, 0.717) is 31.0 Å². The molecule has 5 rings (SSSR count). The Morgan fingerprint density at radius 3 is 2.45 bits per heavy atom. The van der Waals surface area contributed by atoms with Gasteiger partial charge in [0.25, 0.3) is 0 Å². The largest absolute Gasteiger partial charge is 0.421 e. The van der Waals surface area contributed by atoms with E-state index in [9.17, 15) is 4.79 Å². The van der Waals surface area contributed by atoms with Crippen LogP contribution in [0.5, 0.6) is 0 Å². The number of amides is 1. The summed E-state index contributed by atoms with van der Waals surface area (Å²) in [5.41, 5.74) is 4.69. The Bertz CT molecular complexity index is 1390. The van der Waals surface area contributed by atoms with Crippen LogP contribution in [0.25, 0.3) is 33.9 Å². The second-order valence-electron chi connectivity index (χ2n) is 7.83. The molecule has 0 radical (unpaired) electrons. The van der Waals surface area contributed by atoms with Gasteiger partial charge >= 0.3 is 0 Å². The second-order valence-corrected chi connectivity index (χ2v) is 7.83. The highest BCUT2D eigenvalue weighted by molar-refractivity contribution is 5.91. The summed E-state index contributed by atoms with van der Waals surface area (Å²) in [6.07, 6.45) is 1.55. The number of hydrogen-bond donors (Lipinski definition) is 1. The monoisotopic (exact) mass is 437 g/mol. The normalized spacial score (nSPS) is 11.1. The number of aryl methyl sites for hydroxylation is 2. The lowest BCUT2D eigenvalue weighted by atomic mass is 10.2. The van der Waals surface area contributed by atoms with Gasteiger partial charge in [0.05, 0.1) is 11.0 Å². The van der Waals surface area contributed by atoms with Gasteiger partial charge in [0.1, 0.15) is 5.82 Å². The van der Waals surface area contributed by atoms with E-state index in [1.165, 1.54) is 0 Å². The predicted molar refractivity (Wildman–Crippen MR) is 127 cm³/mol. The molecule has 3 aromatic carbocycles. The van der Waals surface area contributed by atoms with Gasteiger partial charge in [-0.15, -0.1) is 10.2 Å². The minimum absolute atomic E-state index is 0.0479. The van der Waals surface area contributed by atoms with Crippen LogP contribution in [0.2, 0.25) is 0 Å². The van der Waals surface area contributed by atoms with Crippen molar-refractivity contribution in [1.29, 1.82) is 0 Å². The van der Waals surface area contributed by atoms with E-state index in [4.69, 9.17) is 9.40 Å². The first kappa shape index (κ1) is 20.6. The molecule has 0 spiro atoms. The summed E-state index contributed by atoms with van der Waals surface area (Å²) in [4.78, 5) is 17.1. The zero-order valence-electron chi connectivity index (χ0n) is 18.2. The quantitative estimate of drug-likeness (QED) is 0.376. The minimum atomic E-state index is -0.0479.